The van der Waals surface area contributed by atoms with E-state index in [9.17, 15) is 4.79 Å². The Labute approximate surface area is 121 Å². The minimum absolute atomic E-state index is 0.0367. The van der Waals surface area contributed by atoms with Gasteiger partial charge in [-0.05, 0) is 32.3 Å². The molecular formula is C17H26N2O. The molecule has 1 aliphatic carbocycles. The summed E-state index contributed by atoms with van der Waals surface area (Å²) in [6.45, 7) is 4.09. The van der Waals surface area contributed by atoms with Crippen LogP contribution in [0, 0.1) is 6.92 Å². The molecule has 1 fully saturated rings. The van der Waals surface area contributed by atoms with Gasteiger partial charge in [0.1, 0.15) is 0 Å². The van der Waals surface area contributed by atoms with Crippen molar-refractivity contribution >= 4 is 5.91 Å². The van der Waals surface area contributed by atoms with Gasteiger partial charge in [0, 0.05) is 12.0 Å². The van der Waals surface area contributed by atoms with E-state index in [1.54, 1.807) is 0 Å². The van der Waals surface area contributed by atoms with Crippen molar-refractivity contribution < 1.29 is 4.79 Å². The van der Waals surface area contributed by atoms with Crippen molar-refractivity contribution in [3.8, 4) is 0 Å². The Morgan fingerprint density at radius 2 is 2.05 bits per heavy atom. The van der Waals surface area contributed by atoms with Crippen LogP contribution in [0.3, 0.4) is 0 Å². The molecule has 3 N–H and O–H groups in total. The molecule has 0 radical (unpaired) electrons. The standard InChI is InChI=1S/C17H26N2O/c1-13-7-6-8-15(11-13)14(2)19-16(20)12-17(18)9-4-3-5-10-17/h6-8,11,14H,3-5,9-10,12,18H2,1-2H3,(H,19,20)/t14-/m1/s1. The lowest BCUT2D eigenvalue weighted by Crippen LogP contribution is -2.46. The van der Waals surface area contributed by atoms with Gasteiger partial charge in [-0.1, -0.05) is 49.1 Å². The summed E-state index contributed by atoms with van der Waals surface area (Å²) in [6, 6.07) is 8.29. The average Bonchev–Trinajstić information content (AvgIpc) is 2.38. The number of hydrogen-bond donors (Lipinski definition) is 2. The first-order chi connectivity index (χ1) is 9.48. The molecule has 0 spiro atoms. The topological polar surface area (TPSA) is 55.1 Å². The fraction of sp³-hybridized carbons (Fsp3) is 0.588. The molecule has 3 heteroatoms. The highest BCUT2D eigenvalue weighted by Gasteiger charge is 2.30. The summed E-state index contributed by atoms with van der Waals surface area (Å²) in [7, 11) is 0. The van der Waals surface area contributed by atoms with Crippen molar-refractivity contribution in [3.05, 3.63) is 35.4 Å². The van der Waals surface area contributed by atoms with Crippen LogP contribution in [0.1, 0.15) is 62.6 Å². The minimum atomic E-state index is -0.283. The second-order valence-electron chi connectivity index (χ2n) is 6.30. The molecule has 20 heavy (non-hydrogen) atoms. The van der Waals surface area contributed by atoms with Crippen LogP contribution in [0.15, 0.2) is 24.3 Å². The van der Waals surface area contributed by atoms with Crippen LogP contribution in [0.4, 0.5) is 0 Å². The number of aryl methyl sites for hydroxylation is 1. The van der Waals surface area contributed by atoms with Crippen molar-refractivity contribution in [1.82, 2.24) is 5.32 Å². The van der Waals surface area contributed by atoms with E-state index < -0.39 is 0 Å². The van der Waals surface area contributed by atoms with E-state index in [4.69, 9.17) is 5.73 Å². The molecular weight excluding hydrogens is 248 g/mol. The number of amides is 1. The van der Waals surface area contributed by atoms with E-state index in [0.29, 0.717) is 6.42 Å². The average molecular weight is 274 g/mol. The Morgan fingerprint density at radius 3 is 2.70 bits per heavy atom. The Morgan fingerprint density at radius 1 is 1.35 bits per heavy atom. The summed E-state index contributed by atoms with van der Waals surface area (Å²) in [5.74, 6) is 0.0726. The molecule has 2 rings (SSSR count). The summed E-state index contributed by atoms with van der Waals surface area (Å²) in [4.78, 5) is 12.2. The zero-order valence-corrected chi connectivity index (χ0v) is 12.6. The Hall–Kier alpha value is -1.35. The maximum atomic E-state index is 12.2. The summed E-state index contributed by atoms with van der Waals surface area (Å²) in [5, 5.41) is 3.08. The minimum Gasteiger partial charge on any atom is -0.350 e. The first-order valence-electron chi connectivity index (χ1n) is 7.63. The first-order valence-corrected chi connectivity index (χ1v) is 7.63. The van der Waals surface area contributed by atoms with Crippen LogP contribution in [0.25, 0.3) is 0 Å². The number of rotatable bonds is 4. The molecule has 1 amide bonds. The number of carbonyl (C=O) groups is 1. The van der Waals surface area contributed by atoms with E-state index in [2.05, 4.69) is 30.4 Å². The van der Waals surface area contributed by atoms with Gasteiger partial charge in [-0.3, -0.25) is 4.79 Å². The Balaban J connectivity index is 1.90. The zero-order chi connectivity index (χ0) is 14.6. The molecule has 110 valence electrons. The molecule has 1 aromatic carbocycles. The third-order valence-electron chi connectivity index (χ3n) is 4.28. The zero-order valence-electron chi connectivity index (χ0n) is 12.6. The van der Waals surface area contributed by atoms with Crippen LogP contribution in [-0.4, -0.2) is 11.4 Å². The maximum absolute atomic E-state index is 12.2. The molecule has 0 heterocycles. The van der Waals surface area contributed by atoms with Gasteiger partial charge >= 0.3 is 0 Å². The van der Waals surface area contributed by atoms with Gasteiger partial charge in [0.2, 0.25) is 5.91 Å². The molecule has 3 nitrogen and oxygen atoms in total. The summed E-state index contributed by atoms with van der Waals surface area (Å²) >= 11 is 0. The Kier molecular flexibility index (Phi) is 4.81. The quantitative estimate of drug-likeness (QED) is 0.885. The van der Waals surface area contributed by atoms with E-state index in [1.807, 2.05) is 13.0 Å². The van der Waals surface area contributed by atoms with Gasteiger partial charge in [0.15, 0.2) is 0 Å². The van der Waals surface area contributed by atoms with E-state index in [-0.39, 0.29) is 17.5 Å². The maximum Gasteiger partial charge on any atom is 0.222 e. The van der Waals surface area contributed by atoms with Crippen LogP contribution in [0.2, 0.25) is 0 Å². The fourth-order valence-corrected chi connectivity index (χ4v) is 3.07. The monoisotopic (exact) mass is 274 g/mol. The number of carbonyl (C=O) groups excluding carboxylic acids is 1. The highest BCUT2D eigenvalue weighted by Crippen LogP contribution is 2.28. The third kappa shape index (κ3) is 4.07. The number of nitrogens with two attached hydrogens (primary N) is 1. The van der Waals surface area contributed by atoms with Crippen molar-refractivity contribution in [2.75, 3.05) is 0 Å². The van der Waals surface area contributed by atoms with Crippen molar-refractivity contribution in [3.63, 3.8) is 0 Å². The largest absolute Gasteiger partial charge is 0.350 e. The molecule has 0 saturated heterocycles. The number of benzene rings is 1. The third-order valence-corrected chi connectivity index (χ3v) is 4.28. The molecule has 0 aliphatic heterocycles. The summed E-state index contributed by atoms with van der Waals surface area (Å²) in [5.41, 5.74) is 8.42. The fourth-order valence-electron chi connectivity index (χ4n) is 3.07. The normalized spacial score (nSPS) is 19.4. The second-order valence-corrected chi connectivity index (χ2v) is 6.30. The lowest BCUT2D eigenvalue weighted by atomic mass is 9.80. The van der Waals surface area contributed by atoms with Gasteiger partial charge in [0.25, 0.3) is 0 Å². The van der Waals surface area contributed by atoms with Crippen molar-refractivity contribution in [2.24, 2.45) is 5.73 Å². The van der Waals surface area contributed by atoms with E-state index in [0.717, 1.165) is 31.2 Å². The van der Waals surface area contributed by atoms with Crippen LogP contribution in [-0.2, 0) is 4.79 Å². The SMILES string of the molecule is Cc1cccc([C@@H](C)NC(=O)CC2(N)CCCCC2)c1. The molecule has 1 atom stereocenters. The van der Waals surface area contributed by atoms with E-state index >= 15 is 0 Å². The predicted octanol–water partition coefficient (Wildman–Crippen LogP) is 3.22. The van der Waals surface area contributed by atoms with Gasteiger partial charge in [-0.25, -0.2) is 0 Å². The summed E-state index contributed by atoms with van der Waals surface area (Å²) in [6.07, 6.45) is 5.94. The molecule has 0 bridgehead atoms. The molecule has 1 aromatic rings. The molecule has 0 aromatic heterocycles. The Bertz CT molecular complexity index is 464. The van der Waals surface area contributed by atoms with Crippen LogP contribution in [0.5, 0.6) is 0 Å². The van der Waals surface area contributed by atoms with Crippen molar-refractivity contribution in [2.45, 2.75) is 64.0 Å². The smallest absolute Gasteiger partial charge is 0.222 e. The van der Waals surface area contributed by atoms with Gasteiger partial charge < -0.3 is 11.1 Å². The lowest BCUT2D eigenvalue weighted by Gasteiger charge is -2.33. The predicted molar refractivity (Wildman–Crippen MR) is 82.4 cm³/mol. The highest BCUT2D eigenvalue weighted by atomic mass is 16.1. The van der Waals surface area contributed by atoms with Gasteiger partial charge in [0.05, 0.1) is 6.04 Å². The highest BCUT2D eigenvalue weighted by molar-refractivity contribution is 5.77. The number of hydrogen-bond acceptors (Lipinski definition) is 2. The van der Waals surface area contributed by atoms with E-state index in [1.165, 1.54) is 12.0 Å². The molecule has 1 saturated carbocycles. The van der Waals surface area contributed by atoms with Crippen LogP contribution >= 0.6 is 0 Å². The first kappa shape index (κ1) is 15.0. The van der Waals surface area contributed by atoms with Gasteiger partial charge in [-0.15, -0.1) is 0 Å². The lowest BCUT2D eigenvalue weighted by molar-refractivity contribution is -0.123. The molecule has 1 aliphatic rings. The molecule has 0 unspecified atom stereocenters. The van der Waals surface area contributed by atoms with Gasteiger partial charge in [-0.2, -0.15) is 0 Å². The van der Waals surface area contributed by atoms with Crippen LogP contribution < -0.4 is 11.1 Å². The van der Waals surface area contributed by atoms with Crippen molar-refractivity contribution in [1.29, 1.82) is 0 Å². The summed E-state index contributed by atoms with van der Waals surface area (Å²) < 4.78 is 0. The number of nitrogens with one attached hydrogen (secondary N) is 1. The second kappa shape index (κ2) is 6.40.